The molecule has 3 nitrogen and oxygen atoms in total. The van der Waals surface area contributed by atoms with Crippen LogP contribution in [0.5, 0.6) is 0 Å². The maximum atomic E-state index is 12.2. The zero-order chi connectivity index (χ0) is 14.5. The van der Waals surface area contributed by atoms with Crippen LogP contribution in [0.3, 0.4) is 0 Å². The van der Waals surface area contributed by atoms with Crippen molar-refractivity contribution in [2.75, 3.05) is 18.4 Å². The van der Waals surface area contributed by atoms with Crippen LogP contribution in [-0.2, 0) is 4.79 Å². The van der Waals surface area contributed by atoms with E-state index < -0.39 is 0 Å². The second kappa shape index (κ2) is 6.89. The first-order valence-corrected chi connectivity index (χ1v) is 7.63. The molecular formula is C17H26N2O. The van der Waals surface area contributed by atoms with Crippen LogP contribution in [-0.4, -0.2) is 19.0 Å². The minimum atomic E-state index is 0.132. The van der Waals surface area contributed by atoms with Gasteiger partial charge in [-0.1, -0.05) is 13.0 Å². The molecule has 0 aromatic heterocycles. The Kier molecular flexibility index (Phi) is 5.18. The molecule has 1 aromatic rings. The van der Waals surface area contributed by atoms with Gasteiger partial charge in [0, 0.05) is 12.1 Å². The first-order valence-electron chi connectivity index (χ1n) is 7.63. The maximum absolute atomic E-state index is 12.2. The molecule has 0 aliphatic carbocycles. The lowest BCUT2D eigenvalue weighted by Gasteiger charge is -2.28. The van der Waals surface area contributed by atoms with Crippen molar-refractivity contribution in [2.24, 2.45) is 11.8 Å². The van der Waals surface area contributed by atoms with Gasteiger partial charge in [-0.2, -0.15) is 0 Å². The molecule has 2 atom stereocenters. The zero-order valence-corrected chi connectivity index (χ0v) is 12.8. The number of hydrogen-bond donors (Lipinski definition) is 2. The summed E-state index contributed by atoms with van der Waals surface area (Å²) >= 11 is 0. The number of amides is 1. The minimum Gasteiger partial charge on any atom is -0.326 e. The van der Waals surface area contributed by atoms with Crippen LogP contribution in [0.25, 0.3) is 0 Å². The van der Waals surface area contributed by atoms with Crippen LogP contribution in [0.2, 0.25) is 0 Å². The predicted molar refractivity (Wildman–Crippen MR) is 83.9 cm³/mol. The summed E-state index contributed by atoms with van der Waals surface area (Å²) in [6.07, 6.45) is 3.08. The van der Waals surface area contributed by atoms with Gasteiger partial charge in [-0.15, -0.1) is 0 Å². The van der Waals surface area contributed by atoms with Crippen molar-refractivity contribution in [1.29, 1.82) is 0 Å². The van der Waals surface area contributed by atoms with Gasteiger partial charge in [-0.25, -0.2) is 0 Å². The molecule has 2 rings (SSSR count). The molecule has 110 valence electrons. The van der Waals surface area contributed by atoms with Crippen molar-refractivity contribution in [3.63, 3.8) is 0 Å². The largest absolute Gasteiger partial charge is 0.326 e. The van der Waals surface area contributed by atoms with Crippen molar-refractivity contribution in [3.8, 4) is 0 Å². The van der Waals surface area contributed by atoms with Crippen molar-refractivity contribution in [2.45, 2.75) is 40.0 Å². The van der Waals surface area contributed by atoms with Crippen molar-refractivity contribution >= 4 is 11.6 Å². The summed E-state index contributed by atoms with van der Waals surface area (Å²) in [5, 5.41) is 6.46. The topological polar surface area (TPSA) is 41.1 Å². The first-order chi connectivity index (χ1) is 9.54. The van der Waals surface area contributed by atoms with Gasteiger partial charge in [-0.3, -0.25) is 4.79 Å². The summed E-state index contributed by atoms with van der Waals surface area (Å²) in [6.45, 7) is 8.48. The van der Waals surface area contributed by atoms with Crippen LogP contribution < -0.4 is 10.6 Å². The number of aryl methyl sites for hydroxylation is 2. The van der Waals surface area contributed by atoms with Gasteiger partial charge in [0.25, 0.3) is 0 Å². The number of piperidine rings is 1. The number of rotatable bonds is 4. The van der Waals surface area contributed by atoms with E-state index in [-0.39, 0.29) is 5.91 Å². The van der Waals surface area contributed by atoms with Crippen molar-refractivity contribution in [1.82, 2.24) is 5.32 Å². The quantitative estimate of drug-likeness (QED) is 0.884. The Bertz CT molecular complexity index is 444. The van der Waals surface area contributed by atoms with E-state index in [0.29, 0.717) is 18.3 Å². The molecule has 0 bridgehead atoms. The van der Waals surface area contributed by atoms with Crippen LogP contribution in [0, 0.1) is 25.7 Å². The summed E-state index contributed by atoms with van der Waals surface area (Å²) in [7, 11) is 0. The molecule has 1 fully saturated rings. The Balaban J connectivity index is 1.88. The Morgan fingerprint density at radius 2 is 2.05 bits per heavy atom. The molecule has 1 amide bonds. The summed E-state index contributed by atoms with van der Waals surface area (Å²) in [6, 6.07) is 6.17. The van der Waals surface area contributed by atoms with Crippen LogP contribution in [0.15, 0.2) is 18.2 Å². The summed E-state index contributed by atoms with van der Waals surface area (Å²) in [5.74, 6) is 1.20. The molecule has 1 aliphatic rings. The molecule has 0 spiro atoms. The molecule has 1 aliphatic heterocycles. The van der Waals surface area contributed by atoms with E-state index in [9.17, 15) is 4.79 Å². The molecule has 2 N–H and O–H groups in total. The van der Waals surface area contributed by atoms with Gasteiger partial charge in [0.1, 0.15) is 0 Å². The predicted octanol–water partition coefficient (Wildman–Crippen LogP) is 3.27. The number of carbonyl (C=O) groups is 1. The molecule has 3 heteroatoms. The number of nitrogens with one attached hydrogen (secondary N) is 2. The average molecular weight is 274 g/mol. The average Bonchev–Trinajstić information content (AvgIpc) is 2.38. The first kappa shape index (κ1) is 15.0. The summed E-state index contributed by atoms with van der Waals surface area (Å²) in [4.78, 5) is 12.2. The molecule has 1 saturated heterocycles. The van der Waals surface area contributed by atoms with Gasteiger partial charge in [0.2, 0.25) is 5.91 Å². The van der Waals surface area contributed by atoms with Gasteiger partial charge >= 0.3 is 0 Å². The normalized spacial score (nSPS) is 20.4. The fourth-order valence-corrected chi connectivity index (χ4v) is 3.08. The van der Waals surface area contributed by atoms with E-state index in [1.165, 1.54) is 24.0 Å². The van der Waals surface area contributed by atoms with E-state index in [1.807, 2.05) is 12.1 Å². The monoisotopic (exact) mass is 274 g/mol. The molecule has 1 aromatic carbocycles. The lowest BCUT2D eigenvalue weighted by molar-refractivity contribution is -0.117. The van der Waals surface area contributed by atoms with Gasteiger partial charge in [0.05, 0.1) is 0 Å². The van der Waals surface area contributed by atoms with Crippen LogP contribution >= 0.6 is 0 Å². The SMILES string of the molecule is Cc1cc(C)cc(NC(=O)CC(C)C2CCCNC2)c1. The highest BCUT2D eigenvalue weighted by molar-refractivity contribution is 5.91. The van der Waals surface area contributed by atoms with Crippen LogP contribution in [0.4, 0.5) is 5.69 Å². The minimum absolute atomic E-state index is 0.132. The summed E-state index contributed by atoms with van der Waals surface area (Å²) < 4.78 is 0. The number of anilines is 1. The highest BCUT2D eigenvalue weighted by Gasteiger charge is 2.22. The third-order valence-corrected chi connectivity index (χ3v) is 4.15. The Labute approximate surface area is 122 Å². The number of benzene rings is 1. The van der Waals surface area contributed by atoms with E-state index in [2.05, 4.69) is 37.5 Å². The van der Waals surface area contributed by atoms with E-state index >= 15 is 0 Å². The third kappa shape index (κ3) is 4.34. The summed E-state index contributed by atoms with van der Waals surface area (Å²) in [5.41, 5.74) is 3.29. The molecule has 0 saturated carbocycles. The second-order valence-corrected chi connectivity index (χ2v) is 6.21. The maximum Gasteiger partial charge on any atom is 0.224 e. The van der Waals surface area contributed by atoms with Crippen LogP contribution in [0.1, 0.15) is 37.3 Å². The van der Waals surface area contributed by atoms with E-state index in [0.717, 1.165) is 18.8 Å². The zero-order valence-electron chi connectivity index (χ0n) is 12.8. The third-order valence-electron chi connectivity index (χ3n) is 4.15. The molecular weight excluding hydrogens is 248 g/mol. The fourth-order valence-electron chi connectivity index (χ4n) is 3.08. The Morgan fingerprint density at radius 3 is 2.65 bits per heavy atom. The Morgan fingerprint density at radius 1 is 1.35 bits per heavy atom. The van der Waals surface area contributed by atoms with E-state index in [1.54, 1.807) is 0 Å². The molecule has 20 heavy (non-hydrogen) atoms. The van der Waals surface area contributed by atoms with E-state index in [4.69, 9.17) is 0 Å². The molecule has 1 heterocycles. The fraction of sp³-hybridized carbons (Fsp3) is 0.588. The highest BCUT2D eigenvalue weighted by atomic mass is 16.1. The van der Waals surface area contributed by atoms with Crippen molar-refractivity contribution in [3.05, 3.63) is 29.3 Å². The lowest BCUT2D eigenvalue weighted by atomic mass is 9.85. The van der Waals surface area contributed by atoms with Gasteiger partial charge < -0.3 is 10.6 Å². The number of hydrogen-bond acceptors (Lipinski definition) is 2. The Hall–Kier alpha value is -1.35. The smallest absolute Gasteiger partial charge is 0.224 e. The van der Waals surface area contributed by atoms with Gasteiger partial charge in [-0.05, 0) is 74.9 Å². The molecule has 2 unspecified atom stereocenters. The lowest BCUT2D eigenvalue weighted by Crippen LogP contribution is -2.34. The standard InChI is InChI=1S/C17H26N2O/c1-12-7-13(2)9-16(8-12)19-17(20)10-14(3)15-5-4-6-18-11-15/h7-9,14-15,18H,4-6,10-11H2,1-3H3,(H,19,20). The van der Waals surface area contributed by atoms with Gasteiger partial charge in [0.15, 0.2) is 0 Å². The number of carbonyl (C=O) groups excluding carboxylic acids is 1. The van der Waals surface area contributed by atoms with Crippen molar-refractivity contribution < 1.29 is 4.79 Å². The molecule has 0 radical (unpaired) electrons. The second-order valence-electron chi connectivity index (χ2n) is 6.21. The highest BCUT2D eigenvalue weighted by Crippen LogP contribution is 2.23.